The van der Waals surface area contributed by atoms with E-state index in [-0.39, 0.29) is 17.7 Å². The first-order valence-electron chi connectivity index (χ1n) is 9.20. The number of aryl methyl sites for hydroxylation is 2. The van der Waals surface area contributed by atoms with Crippen LogP contribution in [0.5, 0.6) is 0 Å². The zero-order chi connectivity index (χ0) is 21.3. The van der Waals surface area contributed by atoms with E-state index in [2.05, 4.69) is 10.3 Å². The van der Waals surface area contributed by atoms with Crippen LogP contribution in [0, 0.1) is 6.92 Å². The number of rotatable bonds is 6. The number of fused-ring (bicyclic) bond motifs is 2. The molecule has 0 radical (unpaired) electrons. The molecule has 0 aliphatic heterocycles. The molecule has 9 heteroatoms. The number of carbonyl (C=O) groups excluding carboxylic acids is 1. The SMILES string of the molecule is CCn1cc(C(=O)NCC(C)OS(C)(=O)=O)c2nc3c(C)cccc3cc2c1=O. The van der Waals surface area contributed by atoms with Crippen molar-refractivity contribution in [2.75, 3.05) is 12.8 Å². The summed E-state index contributed by atoms with van der Waals surface area (Å²) in [5, 5.41) is 3.85. The first-order chi connectivity index (χ1) is 13.6. The molecule has 1 aromatic carbocycles. The minimum atomic E-state index is -3.63. The minimum absolute atomic E-state index is 0.00867. The second-order valence-corrected chi connectivity index (χ2v) is 8.59. The van der Waals surface area contributed by atoms with Crippen LogP contribution < -0.4 is 10.9 Å². The summed E-state index contributed by atoms with van der Waals surface area (Å²) in [5.74, 6) is -0.457. The lowest BCUT2D eigenvalue weighted by Crippen LogP contribution is -2.34. The van der Waals surface area contributed by atoms with Gasteiger partial charge in [0.1, 0.15) is 0 Å². The van der Waals surface area contributed by atoms with Crippen molar-refractivity contribution >= 4 is 37.8 Å². The van der Waals surface area contributed by atoms with Gasteiger partial charge in [0.2, 0.25) is 0 Å². The normalized spacial score (nSPS) is 13.0. The monoisotopic (exact) mass is 417 g/mol. The van der Waals surface area contributed by atoms with Gasteiger partial charge in [0.05, 0.1) is 34.3 Å². The maximum absolute atomic E-state index is 12.9. The molecule has 154 valence electrons. The Morgan fingerprint density at radius 1 is 1.31 bits per heavy atom. The fourth-order valence-corrected chi connectivity index (χ4v) is 3.88. The van der Waals surface area contributed by atoms with Crippen LogP contribution >= 0.6 is 0 Å². The van der Waals surface area contributed by atoms with Crippen molar-refractivity contribution in [3.05, 3.63) is 51.9 Å². The summed E-state index contributed by atoms with van der Waals surface area (Å²) < 4.78 is 28.7. The highest BCUT2D eigenvalue weighted by Gasteiger charge is 2.19. The van der Waals surface area contributed by atoms with Crippen LogP contribution in [0.1, 0.15) is 29.8 Å². The molecule has 2 aromatic heterocycles. The zero-order valence-electron chi connectivity index (χ0n) is 16.7. The molecule has 8 nitrogen and oxygen atoms in total. The highest BCUT2D eigenvalue weighted by atomic mass is 32.2. The fourth-order valence-electron chi connectivity index (χ4n) is 3.21. The van der Waals surface area contributed by atoms with Crippen LogP contribution in [0.3, 0.4) is 0 Å². The summed E-state index contributed by atoms with van der Waals surface area (Å²) in [4.78, 5) is 30.3. The fraction of sp³-hybridized carbons (Fsp3) is 0.350. The predicted molar refractivity (Wildman–Crippen MR) is 112 cm³/mol. The van der Waals surface area contributed by atoms with Gasteiger partial charge in [-0.2, -0.15) is 8.42 Å². The van der Waals surface area contributed by atoms with Crippen LogP contribution in [-0.4, -0.2) is 42.8 Å². The van der Waals surface area contributed by atoms with Crippen LogP contribution in [0.4, 0.5) is 0 Å². The van der Waals surface area contributed by atoms with Gasteiger partial charge in [-0.15, -0.1) is 0 Å². The lowest BCUT2D eigenvalue weighted by Gasteiger charge is -2.14. The van der Waals surface area contributed by atoms with Gasteiger partial charge in [-0.1, -0.05) is 18.2 Å². The molecule has 0 spiro atoms. The van der Waals surface area contributed by atoms with E-state index in [9.17, 15) is 18.0 Å². The lowest BCUT2D eigenvalue weighted by molar-refractivity contribution is 0.0934. The second-order valence-electron chi connectivity index (χ2n) is 6.99. The third-order valence-corrected chi connectivity index (χ3v) is 5.23. The molecular weight excluding hydrogens is 394 g/mol. The van der Waals surface area contributed by atoms with E-state index in [4.69, 9.17) is 4.18 Å². The topological polar surface area (TPSA) is 107 Å². The molecule has 1 atom stereocenters. The number of aromatic nitrogens is 2. The third-order valence-electron chi connectivity index (χ3n) is 4.55. The maximum Gasteiger partial charge on any atom is 0.264 e. The lowest BCUT2D eigenvalue weighted by atomic mass is 10.1. The van der Waals surface area contributed by atoms with E-state index >= 15 is 0 Å². The molecule has 0 aliphatic rings. The van der Waals surface area contributed by atoms with Crippen molar-refractivity contribution in [2.45, 2.75) is 33.4 Å². The third kappa shape index (κ3) is 4.46. The van der Waals surface area contributed by atoms with Gasteiger partial charge >= 0.3 is 0 Å². The van der Waals surface area contributed by atoms with Crippen molar-refractivity contribution in [1.82, 2.24) is 14.9 Å². The standard InChI is InChI=1S/C20H23N3O5S/c1-5-23-11-16(19(24)21-10-13(3)28-29(4,26)27)18-15(20(23)25)9-14-8-6-7-12(2)17(14)22-18/h6-9,11,13H,5,10H2,1-4H3,(H,21,24). The first kappa shape index (κ1) is 20.9. The van der Waals surface area contributed by atoms with E-state index in [1.165, 1.54) is 10.8 Å². The van der Waals surface area contributed by atoms with Crippen LogP contribution in [0.2, 0.25) is 0 Å². The first-order valence-corrected chi connectivity index (χ1v) is 11.0. The Morgan fingerprint density at radius 3 is 2.69 bits per heavy atom. The number of para-hydroxylation sites is 1. The van der Waals surface area contributed by atoms with Crippen molar-refractivity contribution in [1.29, 1.82) is 0 Å². The van der Waals surface area contributed by atoms with E-state index in [0.717, 1.165) is 22.7 Å². The predicted octanol–water partition coefficient (Wildman–Crippen LogP) is 1.97. The molecule has 0 saturated carbocycles. The molecule has 0 bridgehead atoms. The Kier molecular flexibility index (Phi) is 5.72. The molecular formula is C20H23N3O5S. The number of nitrogens with zero attached hydrogens (tertiary/aromatic N) is 2. The van der Waals surface area contributed by atoms with Crippen LogP contribution in [0.25, 0.3) is 21.8 Å². The summed E-state index contributed by atoms with van der Waals surface area (Å²) in [6, 6.07) is 7.44. The van der Waals surface area contributed by atoms with Gasteiger partial charge in [-0.25, -0.2) is 4.98 Å². The number of benzene rings is 1. The second kappa shape index (κ2) is 7.92. The number of hydrogen-bond donors (Lipinski definition) is 1. The molecule has 0 fully saturated rings. The van der Waals surface area contributed by atoms with Gasteiger partial charge in [0.25, 0.3) is 21.6 Å². The Balaban J connectivity index is 2.08. The summed E-state index contributed by atoms with van der Waals surface area (Å²) in [7, 11) is -3.63. The largest absolute Gasteiger partial charge is 0.349 e. The Hall–Kier alpha value is -2.78. The Labute approximate surface area is 168 Å². The molecule has 3 rings (SSSR count). The van der Waals surface area contributed by atoms with Crippen molar-refractivity contribution in [3.8, 4) is 0 Å². The van der Waals surface area contributed by atoms with Gasteiger partial charge in [-0.05, 0) is 32.4 Å². The van der Waals surface area contributed by atoms with E-state index in [1.807, 2.05) is 32.0 Å². The number of carbonyl (C=O) groups is 1. The number of hydrogen-bond acceptors (Lipinski definition) is 6. The molecule has 1 unspecified atom stereocenters. The van der Waals surface area contributed by atoms with Crippen LogP contribution in [-0.2, 0) is 20.8 Å². The molecule has 0 saturated heterocycles. The van der Waals surface area contributed by atoms with Gasteiger partial charge < -0.3 is 9.88 Å². The Bertz CT molecular complexity index is 1260. The molecule has 1 N–H and O–H groups in total. The summed E-state index contributed by atoms with van der Waals surface area (Å²) >= 11 is 0. The molecule has 2 heterocycles. The van der Waals surface area contributed by atoms with E-state index < -0.39 is 22.1 Å². The smallest absolute Gasteiger partial charge is 0.264 e. The highest BCUT2D eigenvalue weighted by Crippen LogP contribution is 2.22. The minimum Gasteiger partial charge on any atom is -0.349 e. The van der Waals surface area contributed by atoms with Gasteiger partial charge in [0.15, 0.2) is 0 Å². The number of nitrogens with one attached hydrogen (secondary N) is 1. The number of amides is 1. The van der Waals surface area contributed by atoms with Crippen molar-refractivity contribution < 1.29 is 17.4 Å². The molecule has 1 amide bonds. The summed E-state index contributed by atoms with van der Waals surface area (Å²) in [6.07, 6.45) is 1.71. The average molecular weight is 417 g/mol. The van der Waals surface area contributed by atoms with E-state index in [0.29, 0.717) is 17.4 Å². The zero-order valence-corrected chi connectivity index (χ0v) is 17.5. The van der Waals surface area contributed by atoms with Gasteiger partial charge in [0, 0.05) is 24.7 Å². The molecule has 0 aliphatic carbocycles. The van der Waals surface area contributed by atoms with Crippen LogP contribution in [0.15, 0.2) is 35.3 Å². The van der Waals surface area contributed by atoms with E-state index in [1.54, 1.807) is 13.0 Å². The quantitative estimate of drug-likeness (QED) is 0.485. The summed E-state index contributed by atoms with van der Waals surface area (Å²) in [5.41, 5.74) is 2.00. The molecule has 29 heavy (non-hydrogen) atoms. The van der Waals surface area contributed by atoms with Gasteiger partial charge in [-0.3, -0.25) is 13.8 Å². The Morgan fingerprint density at radius 2 is 2.03 bits per heavy atom. The summed E-state index contributed by atoms with van der Waals surface area (Å²) in [6.45, 7) is 5.66. The maximum atomic E-state index is 12.9. The van der Waals surface area contributed by atoms with Crippen molar-refractivity contribution in [3.63, 3.8) is 0 Å². The van der Waals surface area contributed by atoms with Crippen molar-refractivity contribution in [2.24, 2.45) is 0 Å². The number of pyridine rings is 2. The molecule has 3 aromatic rings. The average Bonchev–Trinajstić information content (AvgIpc) is 2.64. The highest BCUT2D eigenvalue weighted by molar-refractivity contribution is 7.86.